The van der Waals surface area contributed by atoms with Gasteiger partial charge in [0.2, 0.25) is 0 Å². The monoisotopic (exact) mass is 472 g/mol. The maximum atomic E-state index is 13.6. The van der Waals surface area contributed by atoms with Gasteiger partial charge in [0.1, 0.15) is 5.82 Å². The number of carbonyl (C=O) groups is 1. The Kier molecular flexibility index (Phi) is 5.65. The summed E-state index contributed by atoms with van der Waals surface area (Å²) in [5, 5.41) is 0.801. The lowest BCUT2D eigenvalue weighted by Crippen LogP contribution is -2.40. The van der Waals surface area contributed by atoms with Crippen LogP contribution in [-0.4, -0.2) is 40.0 Å². The summed E-state index contributed by atoms with van der Waals surface area (Å²) < 4.78 is 49.9. The van der Waals surface area contributed by atoms with Crippen molar-refractivity contribution in [2.24, 2.45) is 0 Å². The minimum Gasteiger partial charge on any atom is -0.383 e. The van der Waals surface area contributed by atoms with Crippen LogP contribution in [0.5, 0.6) is 0 Å². The molecule has 0 radical (unpaired) electrons. The number of carbonyl (C=O) groups excluding carboxylic acids is 1. The van der Waals surface area contributed by atoms with Gasteiger partial charge in [0.15, 0.2) is 0 Å². The lowest BCUT2D eigenvalue weighted by molar-refractivity contribution is -0.137. The number of hydrogen-bond acceptors (Lipinski definition) is 6. The Morgan fingerprint density at radius 2 is 2.09 bits per heavy atom. The second-order valence-corrected chi connectivity index (χ2v) is 8.56. The molecule has 178 valence electrons. The van der Waals surface area contributed by atoms with E-state index in [9.17, 15) is 18.0 Å². The molecule has 0 spiro atoms. The molecule has 2 aromatic heterocycles. The van der Waals surface area contributed by atoms with Gasteiger partial charge in [-0.2, -0.15) is 13.2 Å². The average molecular weight is 472 g/mol. The number of ether oxygens (including phenoxy) is 2. The smallest absolute Gasteiger partial charge is 0.383 e. The van der Waals surface area contributed by atoms with Gasteiger partial charge in [0.25, 0.3) is 5.91 Å². The average Bonchev–Trinajstić information content (AvgIpc) is 3.47. The molecule has 0 saturated carbocycles. The van der Waals surface area contributed by atoms with Crippen LogP contribution in [0.4, 0.5) is 19.0 Å². The molecule has 2 aliphatic heterocycles. The SMILES string of the molecule is CC1OCc2c1c(N)nc1ccc(C(=O)N(Cc3ccc(C(F)(F)F)cn3)C3CCOC3)cc21. The highest BCUT2D eigenvalue weighted by atomic mass is 19.4. The van der Waals surface area contributed by atoms with Crippen LogP contribution < -0.4 is 5.73 Å². The summed E-state index contributed by atoms with van der Waals surface area (Å²) >= 11 is 0. The summed E-state index contributed by atoms with van der Waals surface area (Å²) in [7, 11) is 0. The number of anilines is 1. The number of hydrogen-bond donors (Lipinski definition) is 1. The topological polar surface area (TPSA) is 90.6 Å². The van der Waals surface area contributed by atoms with Crippen molar-refractivity contribution in [1.29, 1.82) is 0 Å². The number of benzene rings is 1. The van der Waals surface area contributed by atoms with Crippen molar-refractivity contribution in [2.75, 3.05) is 18.9 Å². The van der Waals surface area contributed by atoms with Gasteiger partial charge in [-0.05, 0) is 49.2 Å². The van der Waals surface area contributed by atoms with E-state index >= 15 is 0 Å². The number of halogens is 3. The van der Waals surface area contributed by atoms with E-state index in [4.69, 9.17) is 15.2 Å². The van der Waals surface area contributed by atoms with E-state index in [-0.39, 0.29) is 24.6 Å². The number of aromatic nitrogens is 2. The molecule has 0 bridgehead atoms. The molecule has 3 aromatic rings. The maximum absolute atomic E-state index is 13.6. The van der Waals surface area contributed by atoms with Gasteiger partial charge in [0.05, 0.1) is 48.7 Å². The second kappa shape index (κ2) is 8.52. The molecule has 1 amide bonds. The van der Waals surface area contributed by atoms with Crippen molar-refractivity contribution in [3.8, 4) is 0 Å². The quantitative estimate of drug-likeness (QED) is 0.611. The number of nitrogens with two attached hydrogens (primary N) is 1. The van der Waals surface area contributed by atoms with Crippen molar-refractivity contribution in [2.45, 2.75) is 44.8 Å². The maximum Gasteiger partial charge on any atom is 0.417 e. The van der Waals surface area contributed by atoms with Gasteiger partial charge >= 0.3 is 6.18 Å². The molecule has 5 rings (SSSR count). The molecule has 2 aliphatic rings. The molecule has 1 saturated heterocycles. The first kappa shape index (κ1) is 22.5. The van der Waals surface area contributed by atoms with Crippen LogP contribution in [0.2, 0.25) is 0 Å². The van der Waals surface area contributed by atoms with E-state index in [1.165, 1.54) is 6.07 Å². The number of nitrogen functional groups attached to an aromatic ring is 1. The van der Waals surface area contributed by atoms with Gasteiger partial charge in [-0.25, -0.2) is 4.98 Å². The first-order chi connectivity index (χ1) is 16.2. The number of alkyl halides is 3. The molecular formula is C24H23F3N4O3. The van der Waals surface area contributed by atoms with Crippen LogP contribution in [-0.2, 0) is 28.8 Å². The van der Waals surface area contributed by atoms with Gasteiger partial charge in [0, 0.05) is 29.3 Å². The van der Waals surface area contributed by atoms with Gasteiger partial charge in [-0.1, -0.05) is 0 Å². The first-order valence-corrected chi connectivity index (χ1v) is 11.0. The fourth-order valence-electron chi connectivity index (χ4n) is 4.56. The number of pyridine rings is 2. The van der Waals surface area contributed by atoms with Crippen molar-refractivity contribution in [3.63, 3.8) is 0 Å². The zero-order valence-electron chi connectivity index (χ0n) is 18.4. The summed E-state index contributed by atoms with van der Waals surface area (Å²) in [6.45, 7) is 3.23. The van der Waals surface area contributed by atoms with E-state index in [2.05, 4.69) is 9.97 Å². The third-order valence-corrected chi connectivity index (χ3v) is 6.39. The van der Waals surface area contributed by atoms with Gasteiger partial charge in [-0.3, -0.25) is 9.78 Å². The van der Waals surface area contributed by atoms with Crippen molar-refractivity contribution in [1.82, 2.24) is 14.9 Å². The van der Waals surface area contributed by atoms with E-state index in [1.807, 2.05) is 6.92 Å². The molecule has 4 heterocycles. The highest BCUT2D eigenvalue weighted by Gasteiger charge is 2.32. The zero-order chi connectivity index (χ0) is 24.0. The van der Waals surface area contributed by atoms with E-state index in [0.717, 1.165) is 28.8 Å². The molecule has 2 unspecified atom stereocenters. The third kappa shape index (κ3) is 4.07. The minimum absolute atomic E-state index is 0.0707. The van der Waals surface area contributed by atoms with E-state index in [0.29, 0.717) is 48.8 Å². The lowest BCUT2D eigenvalue weighted by Gasteiger charge is -2.28. The van der Waals surface area contributed by atoms with Crippen molar-refractivity contribution < 1.29 is 27.4 Å². The van der Waals surface area contributed by atoms with Crippen LogP contribution in [0.3, 0.4) is 0 Å². The number of amides is 1. The molecular weight excluding hydrogens is 449 g/mol. The molecule has 1 fully saturated rings. The summed E-state index contributed by atoms with van der Waals surface area (Å²) in [5.74, 6) is 0.168. The highest BCUT2D eigenvalue weighted by Crippen LogP contribution is 2.38. The van der Waals surface area contributed by atoms with Gasteiger partial charge in [-0.15, -0.1) is 0 Å². The normalized spacial score (nSPS) is 20.0. The number of rotatable bonds is 4. The van der Waals surface area contributed by atoms with E-state index in [1.54, 1.807) is 23.1 Å². The Balaban J connectivity index is 1.48. The molecule has 2 N–H and O–H groups in total. The molecule has 10 heteroatoms. The predicted octanol–water partition coefficient (Wildman–Crippen LogP) is 4.25. The summed E-state index contributed by atoms with van der Waals surface area (Å²) in [6.07, 6.45) is -3.22. The number of nitrogens with zero attached hydrogens (tertiary/aromatic N) is 3. The molecule has 34 heavy (non-hydrogen) atoms. The fraction of sp³-hybridized carbons (Fsp3) is 0.375. The summed E-state index contributed by atoms with van der Waals surface area (Å²) in [5.41, 5.74) is 8.54. The summed E-state index contributed by atoms with van der Waals surface area (Å²) in [4.78, 5) is 23.7. The third-order valence-electron chi connectivity index (χ3n) is 6.39. The Bertz CT molecular complexity index is 1240. The lowest BCUT2D eigenvalue weighted by atomic mass is 9.99. The Morgan fingerprint density at radius 1 is 1.26 bits per heavy atom. The van der Waals surface area contributed by atoms with Gasteiger partial charge < -0.3 is 20.1 Å². The van der Waals surface area contributed by atoms with Crippen LogP contribution in [0.25, 0.3) is 10.9 Å². The summed E-state index contributed by atoms with van der Waals surface area (Å²) in [6, 6.07) is 7.30. The first-order valence-electron chi connectivity index (χ1n) is 11.0. The second-order valence-electron chi connectivity index (χ2n) is 8.56. The molecule has 1 aromatic carbocycles. The minimum atomic E-state index is -4.47. The van der Waals surface area contributed by atoms with E-state index < -0.39 is 11.7 Å². The fourth-order valence-corrected chi connectivity index (χ4v) is 4.56. The van der Waals surface area contributed by atoms with Crippen LogP contribution in [0.15, 0.2) is 36.5 Å². The van der Waals surface area contributed by atoms with Crippen molar-refractivity contribution in [3.05, 3.63) is 64.5 Å². The van der Waals surface area contributed by atoms with Crippen LogP contribution >= 0.6 is 0 Å². The zero-order valence-corrected chi connectivity index (χ0v) is 18.4. The Labute approximate surface area is 193 Å². The standard InChI is InChI=1S/C24H23F3N4O3/c1-13-21-19(12-34-13)18-8-14(2-5-20(18)30-22(21)28)23(32)31(17-6-7-33-11-17)10-16-4-3-15(9-29-16)24(25,26)27/h2-5,8-9,13,17H,6-7,10-12H2,1H3,(H2,28,30). The largest absolute Gasteiger partial charge is 0.417 e. The Morgan fingerprint density at radius 3 is 2.76 bits per heavy atom. The highest BCUT2D eigenvalue weighted by molar-refractivity contribution is 5.99. The molecule has 0 aliphatic carbocycles. The van der Waals surface area contributed by atoms with Crippen molar-refractivity contribution >= 4 is 22.6 Å². The molecule has 7 nitrogen and oxygen atoms in total. The van der Waals surface area contributed by atoms with Crippen LogP contribution in [0, 0.1) is 0 Å². The Hall–Kier alpha value is -3.24. The predicted molar refractivity (Wildman–Crippen MR) is 118 cm³/mol. The molecule has 2 atom stereocenters. The van der Waals surface area contributed by atoms with Crippen LogP contribution in [0.1, 0.15) is 52.2 Å². The number of fused-ring (bicyclic) bond motifs is 3.